The molecule has 0 atom stereocenters. The molecule has 0 radical (unpaired) electrons. The highest BCUT2D eigenvalue weighted by Crippen LogP contribution is 2.31. The minimum Gasteiger partial charge on any atom is -0.410 e. The largest absolute Gasteiger partial charge is 0.415 e. The van der Waals surface area contributed by atoms with Gasteiger partial charge in [0.2, 0.25) is 0 Å². The van der Waals surface area contributed by atoms with Crippen molar-refractivity contribution in [3.05, 3.63) is 29.3 Å². The Kier molecular flexibility index (Phi) is 8.73. The van der Waals surface area contributed by atoms with E-state index in [0.29, 0.717) is 16.8 Å². The quantitative estimate of drug-likeness (QED) is 0.562. The first-order chi connectivity index (χ1) is 12.5. The van der Waals surface area contributed by atoms with E-state index >= 15 is 0 Å². The molecule has 2 rings (SSSR count). The third kappa shape index (κ3) is 7.16. The second-order valence-corrected chi connectivity index (χ2v) is 8.20. The minimum absolute atomic E-state index is 0.278. The summed E-state index contributed by atoms with van der Waals surface area (Å²) in [6, 6.07) is 7.20. The summed E-state index contributed by atoms with van der Waals surface area (Å²) in [4.78, 5) is 16.4. The van der Waals surface area contributed by atoms with Gasteiger partial charge in [0, 0.05) is 18.1 Å². The highest BCUT2D eigenvalue weighted by Gasteiger charge is 2.27. The van der Waals surface area contributed by atoms with Gasteiger partial charge in [0.05, 0.1) is 0 Å². The van der Waals surface area contributed by atoms with Crippen LogP contribution in [0.3, 0.4) is 0 Å². The van der Waals surface area contributed by atoms with Crippen molar-refractivity contribution in [1.29, 1.82) is 0 Å². The molecular weight excluding hydrogens is 348 g/mol. The molecule has 1 aliphatic rings. The number of hydrogen-bond acceptors (Lipinski definition) is 3. The van der Waals surface area contributed by atoms with Crippen LogP contribution in [0.1, 0.15) is 51.4 Å². The third-order valence-electron chi connectivity index (χ3n) is 5.39. The van der Waals surface area contributed by atoms with E-state index in [1.165, 1.54) is 45.1 Å². The van der Waals surface area contributed by atoms with Gasteiger partial charge in [-0.3, -0.25) is 0 Å². The number of carbonyl (C=O) groups is 1. The second-order valence-electron chi connectivity index (χ2n) is 7.76. The van der Waals surface area contributed by atoms with E-state index in [1.54, 1.807) is 29.2 Å². The van der Waals surface area contributed by atoms with Crippen LogP contribution in [0, 0.1) is 5.92 Å². The average Bonchev–Trinajstić information content (AvgIpc) is 2.63. The molecule has 1 amide bonds. The molecule has 26 heavy (non-hydrogen) atoms. The van der Waals surface area contributed by atoms with Crippen molar-refractivity contribution in [2.24, 2.45) is 5.92 Å². The normalized spacial score (nSPS) is 20.2. The number of carbonyl (C=O) groups excluding carboxylic acids is 1. The summed E-state index contributed by atoms with van der Waals surface area (Å²) in [6.07, 6.45) is 9.60. The molecule has 1 saturated carbocycles. The number of ether oxygens (including phenoxy) is 1. The van der Waals surface area contributed by atoms with Gasteiger partial charge in [0.25, 0.3) is 0 Å². The highest BCUT2D eigenvalue weighted by molar-refractivity contribution is 6.30. The summed E-state index contributed by atoms with van der Waals surface area (Å²) in [5, 5.41) is 0.637. The van der Waals surface area contributed by atoms with Crippen LogP contribution in [0.4, 0.5) is 4.79 Å². The Morgan fingerprint density at radius 1 is 1.04 bits per heavy atom. The second kappa shape index (κ2) is 10.8. The standard InChI is InChI=1S/C21H33ClN2O2/c1-23(2)16-6-4-5-7-17-8-12-19(13-9-17)24(3)21(25)26-20-14-10-18(22)11-15-20/h10-11,14-15,17,19H,4-9,12-13,16H2,1-3H3/t17-,19-. The Balaban J connectivity index is 1.66. The molecule has 0 N–H and O–H groups in total. The van der Waals surface area contributed by atoms with E-state index in [0.717, 1.165) is 18.8 Å². The van der Waals surface area contributed by atoms with Crippen LogP contribution < -0.4 is 4.74 Å². The molecule has 1 fully saturated rings. The van der Waals surface area contributed by atoms with Crippen LogP contribution >= 0.6 is 11.6 Å². The molecule has 0 bridgehead atoms. The lowest BCUT2D eigenvalue weighted by atomic mass is 9.82. The van der Waals surface area contributed by atoms with Gasteiger partial charge in [-0.2, -0.15) is 0 Å². The fraction of sp³-hybridized carbons (Fsp3) is 0.667. The number of rotatable bonds is 8. The van der Waals surface area contributed by atoms with Gasteiger partial charge >= 0.3 is 6.09 Å². The van der Waals surface area contributed by atoms with Gasteiger partial charge in [-0.05, 0) is 82.9 Å². The van der Waals surface area contributed by atoms with Crippen LogP contribution in [0.2, 0.25) is 5.02 Å². The summed E-state index contributed by atoms with van der Waals surface area (Å²) in [5.74, 6) is 1.36. The monoisotopic (exact) mass is 380 g/mol. The topological polar surface area (TPSA) is 32.8 Å². The number of amides is 1. The smallest absolute Gasteiger partial charge is 0.410 e. The van der Waals surface area contributed by atoms with Gasteiger partial charge in [0.15, 0.2) is 0 Å². The number of nitrogens with zero attached hydrogens (tertiary/aromatic N) is 2. The van der Waals surface area contributed by atoms with Gasteiger partial charge in [-0.15, -0.1) is 0 Å². The summed E-state index contributed by atoms with van der Waals surface area (Å²) >= 11 is 5.86. The van der Waals surface area contributed by atoms with E-state index < -0.39 is 0 Å². The molecule has 1 aromatic rings. The van der Waals surface area contributed by atoms with Crippen LogP contribution in [0.25, 0.3) is 0 Å². The van der Waals surface area contributed by atoms with Crippen LogP contribution in [0.5, 0.6) is 5.75 Å². The number of hydrogen-bond donors (Lipinski definition) is 0. The molecule has 0 spiro atoms. The Labute approximate surface area is 163 Å². The molecule has 0 heterocycles. The highest BCUT2D eigenvalue weighted by atomic mass is 35.5. The Hall–Kier alpha value is -1.26. The van der Waals surface area contributed by atoms with Crippen molar-refractivity contribution >= 4 is 17.7 Å². The lowest BCUT2D eigenvalue weighted by Crippen LogP contribution is -2.41. The molecule has 4 nitrogen and oxygen atoms in total. The molecule has 146 valence electrons. The zero-order valence-corrected chi connectivity index (χ0v) is 17.2. The van der Waals surface area contributed by atoms with Crippen molar-refractivity contribution < 1.29 is 9.53 Å². The van der Waals surface area contributed by atoms with E-state index in [4.69, 9.17) is 16.3 Å². The van der Waals surface area contributed by atoms with Crippen molar-refractivity contribution in [3.8, 4) is 5.75 Å². The van der Waals surface area contributed by atoms with Crippen molar-refractivity contribution in [2.45, 2.75) is 57.4 Å². The molecule has 5 heteroatoms. The summed E-state index contributed by atoms with van der Waals surface area (Å²) in [7, 11) is 6.12. The summed E-state index contributed by atoms with van der Waals surface area (Å²) in [5.41, 5.74) is 0. The first-order valence-electron chi connectivity index (χ1n) is 9.80. The lowest BCUT2D eigenvalue weighted by Gasteiger charge is -2.34. The van der Waals surface area contributed by atoms with Crippen molar-refractivity contribution in [2.75, 3.05) is 27.7 Å². The predicted octanol–water partition coefficient (Wildman–Crippen LogP) is 5.45. The summed E-state index contributed by atoms with van der Waals surface area (Å²) in [6.45, 7) is 1.19. The Bertz CT molecular complexity index is 539. The number of halogens is 1. The third-order valence-corrected chi connectivity index (χ3v) is 5.64. The maximum absolute atomic E-state index is 12.3. The Morgan fingerprint density at radius 2 is 1.69 bits per heavy atom. The molecule has 0 saturated heterocycles. The average molecular weight is 381 g/mol. The minimum atomic E-state index is -0.278. The zero-order chi connectivity index (χ0) is 18.9. The zero-order valence-electron chi connectivity index (χ0n) is 16.4. The van der Waals surface area contributed by atoms with E-state index in [-0.39, 0.29) is 6.09 Å². The van der Waals surface area contributed by atoms with E-state index in [2.05, 4.69) is 19.0 Å². The first kappa shape index (κ1) is 21.0. The maximum atomic E-state index is 12.3. The molecule has 0 unspecified atom stereocenters. The Morgan fingerprint density at radius 3 is 2.31 bits per heavy atom. The van der Waals surface area contributed by atoms with Gasteiger partial charge in [-0.1, -0.05) is 30.9 Å². The molecule has 0 aliphatic heterocycles. The fourth-order valence-corrected chi connectivity index (χ4v) is 3.81. The van der Waals surface area contributed by atoms with Crippen LogP contribution in [0.15, 0.2) is 24.3 Å². The first-order valence-corrected chi connectivity index (χ1v) is 10.2. The maximum Gasteiger partial charge on any atom is 0.415 e. The molecule has 1 aromatic carbocycles. The molecular formula is C21H33ClN2O2. The van der Waals surface area contributed by atoms with E-state index in [1.807, 2.05) is 7.05 Å². The van der Waals surface area contributed by atoms with Crippen molar-refractivity contribution in [1.82, 2.24) is 9.80 Å². The van der Waals surface area contributed by atoms with Crippen LogP contribution in [-0.4, -0.2) is 49.6 Å². The van der Waals surface area contributed by atoms with Gasteiger partial charge < -0.3 is 14.5 Å². The summed E-state index contributed by atoms with van der Waals surface area (Å²) < 4.78 is 5.45. The fourth-order valence-electron chi connectivity index (χ4n) is 3.68. The van der Waals surface area contributed by atoms with Crippen LogP contribution in [-0.2, 0) is 0 Å². The molecule has 0 aromatic heterocycles. The van der Waals surface area contributed by atoms with Gasteiger partial charge in [-0.25, -0.2) is 4.79 Å². The lowest BCUT2D eigenvalue weighted by molar-refractivity contribution is 0.123. The predicted molar refractivity (Wildman–Crippen MR) is 108 cm³/mol. The van der Waals surface area contributed by atoms with Crippen molar-refractivity contribution in [3.63, 3.8) is 0 Å². The number of unbranched alkanes of at least 4 members (excludes halogenated alkanes) is 2. The number of benzene rings is 1. The van der Waals surface area contributed by atoms with E-state index in [9.17, 15) is 4.79 Å². The van der Waals surface area contributed by atoms with Gasteiger partial charge in [0.1, 0.15) is 5.75 Å². The molecule has 1 aliphatic carbocycles. The SMILES string of the molecule is CN(C)CCCCC[C@H]1CC[C@H](N(C)C(=O)Oc2ccc(Cl)cc2)CC1.